The first-order valence-electron chi connectivity index (χ1n) is 7.86. The molecule has 0 aliphatic heterocycles. The van der Waals surface area contributed by atoms with Gasteiger partial charge in [-0.3, -0.25) is 9.59 Å². The number of aryl methyl sites for hydroxylation is 1. The van der Waals surface area contributed by atoms with E-state index in [1.165, 1.54) is 6.92 Å². The van der Waals surface area contributed by atoms with Crippen molar-refractivity contribution in [3.05, 3.63) is 45.9 Å². The van der Waals surface area contributed by atoms with Crippen LogP contribution >= 0.6 is 11.3 Å². The predicted molar refractivity (Wildman–Crippen MR) is 94.5 cm³/mol. The van der Waals surface area contributed by atoms with E-state index in [1.54, 1.807) is 54.5 Å². The van der Waals surface area contributed by atoms with Crippen LogP contribution < -0.4 is 4.74 Å². The molecule has 2 rings (SSSR count). The number of Topliss-reactive ketones (excluding diaryl/α,β-unsaturated/α-hetero) is 1. The third-order valence-corrected chi connectivity index (χ3v) is 4.62. The lowest BCUT2D eigenvalue weighted by molar-refractivity contribution is -0.137. The second-order valence-electron chi connectivity index (χ2n) is 5.62. The molecule has 5 nitrogen and oxygen atoms in total. The number of hydrogen-bond donors (Lipinski definition) is 0. The van der Waals surface area contributed by atoms with E-state index >= 15 is 0 Å². The van der Waals surface area contributed by atoms with Crippen LogP contribution in [0.5, 0.6) is 5.75 Å². The molecular formula is C18H22N2O3S. The molecule has 0 aliphatic carbocycles. The normalized spacial score (nSPS) is 11.8. The number of nitrogens with zero attached hydrogens (tertiary/aromatic N) is 2. The van der Waals surface area contributed by atoms with Crippen molar-refractivity contribution in [2.75, 3.05) is 7.05 Å². The molecule has 0 radical (unpaired) electrons. The first-order chi connectivity index (χ1) is 11.4. The zero-order chi connectivity index (χ0) is 17.7. The number of ether oxygens (including phenoxy) is 1. The van der Waals surface area contributed by atoms with E-state index in [0.29, 0.717) is 17.9 Å². The summed E-state index contributed by atoms with van der Waals surface area (Å²) in [6, 6.07) is 6.86. The van der Waals surface area contributed by atoms with Crippen LogP contribution in [0.3, 0.4) is 0 Å². The SMILES string of the molecule is CCc1nc(CN(C)C(=O)[C@@H](C)Oc2cccc(C(C)=O)c2)cs1. The second kappa shape index (κ2) is 8.06. The fraction of sp³-hybridized carbons (Fsp3) is 0.389. The molecular weight excluding hydrogens is 324 g/mol. The lowest BCUT2D eigenvalue weighted by Gasteiger charge is -2.21. The average Bonchev–Trinajstić information content (AvgIpc) is 3.01. The molecule has 0 aliphatic rings. The molecule has 1 aromatic heterocycles. The average molecular weight is 346 g/mol. The summed E-state index contributed by atoms with van der Waals surface area (Å²) in [5, 5.41) is 3.04. The number of thiazole rings is 1. The Morgan fingerprint density at radius 2 is 2.12 bits per heavy atom. The van der Waals surface area contributed by atoms with Crippen LogP contribution in [-0.4, -0.2) is 34.7 Å². The van der Waals surface area contributed by atoms with Gasteiger partial charge in [0.2, 0.25) is 0 Å². The fourth-order valence-corrected chi connectivity index (χ4v) is 2.99. The van der Waals surface area contributed by atoms with E-state index in [-0.39, 0.29) is 11.7 Å². The van der Waals surface area contributed by atoms with Crippen molar-refractivity contribution in [2.24, 2.45) is 0 Å². The molecule has 0 N–H and O–H groups in total. The first kappa shape index (κ1) is 18.1. The lowest BCUT2D eigenvalue weighted by atomic mass is 10.1. The van der Waals surface area contributed by atoms with Crippen molar-refractivity contribution in [2.45, 2.75) is 39.8 Å². The standard InChI is InChI=1S/C18H22N2O3S/c1-5-17-19-15(11-24-17)10-20(4)18(22)13(3)23-16-8-6-7-14(9-16)12(2)21/h6-9,11,13H,5,10H2,1-4H3/t13-/m1/s1. The maximum atomic E-state index is 12.5. The van der Waals surface area contributed by atoms with Crippen LogP contribution in [0.15, 0.2) is 29.6 Å². The van der Waals surface area contributed by atoms with Gasteiger partial charge in [0, 0.05) is 18.0 Å². The summed E-state index contributed by atoms with van der Waals surface area (Å²) in [6.07, 6.45) is 0.260. The minimum Gasteiger partial charge on any atom is -0.481 e. The van der Waals surface area contributed by atoms with Gasteiger partial charge < -0.3 is 9.64 Å². The number of benzene rings is 1. The van der Waals surface area contributed by atoms with Gasteiger partial charge in [-0.2, -0.15) is 0 Å². The quantitative estimate of drug-likeness (QED) is 0.722. The maximum Gasteiger partial charge on any atom is 0.263 e. The fourth-order valence-electron chi connectivity index (χ4n) is 2.26. The molecule has 2 aromatic rings. The number of carbonyl (C=O) groups is 2. The first-order valence-corrected chi connectivity index (χ1v) is 8.74. The van der Waals surface area contributed by atoms with Crippen LogP contribution in [-0.2, 0) is 17.8 Å². The maximum absolute atomic E-state index is 12.5. The smallest absolute Gasteiger partial charge is 0.263 e. The van der Waals surface area contributed by atoms with Crippen LogP contribution in [0.4, 0.5) is 0 Å². The van der Waals surface area contributed by atoms with Crippen molar-refractivity contribution < 1.29 is 14.3 Å². The summed E-state index contributed by atoms with van der Waals surface area (Å²) >= 11 is 1.61. The number of amides is 1. The van der Waals surface area contributed by atoms with Gasteiger partial charge in [0.05, 0.1) is 17.2 Å². The van der Waals surface area contributed by atoms with Crippen molar-refractivity contribution in [1.29, 1.82) is 0 Å². The van der Waals surface area contributed by atoms with Gasteiger partial charge in [0.25, 0.3) is 5.91 Å². The van der Waals surface area contributed by atoms with Crippen LogP contribution in [0, 0.1) is 0 Å². The number of ketones is 1. The van der Waals surface area contributed by atoms with Gasteiger partial charge >= 0.3 is 0 Å². The van der Waals surface area contributed by atoms with E-state index < -0.39 is 6.10 Å². The van der Waals surface area contributed by atoms with Crippen molar-refractivity contribution in [3.63, 3.8) is 0 Å². The number of aromatic nitrogens is 1. The second-order valence-corrected chi connectivity index (χ2v) is 6.57. The molecule has 0 saturated heterocycles. The molecule has 1 heterocycles. The Labute approximate surface area is 146 Å². The summed E-state index contributed by atoms with van der Waals surface area (Å²) in [7, 11) is 1.74. The van der Waals surface area contributed by atoms with E-state index in [4.69, 9.17) is 4.74 Å². The Morgan fingerprint density at radius 1 is 1.38 bits per heavy atom. The zero-order valence-electron chi connectivity index (χ0n) is 14.4. The molecule has 1 atom stereocenters. The highest BCUT2D eigenvalue weighted by Crippen LogP contribution is 2.17. The summed E-state index contributed by atoms with van der Waals surface area (Å²) in [6.45, 7) is 5.72. The van der Waals surface area contributed by atoms with Crippen LogP contribution in [0.1, 0.15) is 41.8 Å². The van der Waals surface area contributed by atoms with E-state index in [0.717, 1.165) is 17.1 Å². The topological polar surface area (TPSA) is 59.5 Å². The largest absolute Gasteiger partial charge is 0.481 e. The number of rotatable bonds is 7. The molecule has 0 spiro atoms. The summed E-state index contributed by atoms with van der Waals surface area (Å²) in [5.74, 6) is 0.347. The van der Waals surface area contributed by atoms with Gasteiger partial charge in [0.1, 0.15) is 5.75 Å². The minimum atomic E-state index is -0.638. The third kappa shape index (κ3) is 4.64. The van der Waals surface area contributed by atoms with Crippen LogP contribution in [0.25, 0.3) is 0 Å². The monoisotopic (exact) mass is 346 g/mol. The van der Waals surface area contributed by atoms with E-state index in [9.17, 15) is 9.59 Å². The molecule has 0 unspecified atom stereocenters. The predicted octanol–water partition coefficient (Wildman–Crippen LogP) is 3.33. The molecule has 128 valence electrons. The summed E-state index contributed by atoms with van der Waals surface area (Å²) < 4.78 is 5.69. The Balaban J connectivity index is 1.98. The van der Waals surface area contributed by atoms with Gasteiger partial charge in [-0.1, -0.05) is 19.1 Å². The Bertz CT molecular complexity index is 727. The molecule has 0 bridgehead atoms. The van der Waals surface area contributed by atoms with E-state index in [2.05, 4.69) is 11.9 Å². The van der Waals surface area contributed by atoms with E-state index in [1.807, 2.05) is 5.38 Å². The van der Waals surface area contributed by atoms with Crippen molar-refractivity contribution in [3.8, 4) is 5.75 Å². The highest BCUT2D eigenvalue weighted by atomic mass is 32.1. The Hall–Kier alpha value is -2.21. The summed E-state index contributed by atoms with van der Waals surface area (Å²) in [4.78, 5) is 30.0. The molecule has 1 aromatic carbocycles. The molecule has 6 heteroatoms. The van der Waals surface area contributed by atoms with Crippen molar-refractivity contribution >= 4 is 23.0 Å². The van der Waals surface area contributed by atoms with Crippen LogP contribution in [0.2, 0.25) is 0 Å². The lowest BCUT2D eigenvalue weighted by Crippen LogP contribution is -2.37. The van der Waals surface area contributed by atoms with Gasteiger partial charge in [-0.15, -0.1) is 11.3 Å². The summed E-state index contributed by atoms with van der Waals surface area (Å²) in [5.41, 5.74) is 1.45. The van der Waals surface area contributed by atoms with Gasteiger partial charge in [-0.25, -0.2) is 4.98 Å². The third-order valence-electron chi connectivity index (χ3n) is 3.58. The highest BCUT2D eigenvalue weighted by molar-refractivity contribution is 7.09. The number of likely N-dealkylation sites (N-methyl/N-ethyl adjacent to an activating group) is 1. The van der Waals surface area contributed by atoms with Gasteiger partial charge in [-0.05, 0) is 32.4 Å². The molecule has 1 amide bonds. The molecule has 24 heavy (non-hydrogen) atoms. The Morgan fingerprint density at radius 3 is 2.75 bits per heavy atom. The number of carbonyl (C=O) groups excluding carboxylic acids is 2. The number of hydrogen-bond acceptors (Lipinski definition) is 5. The molecule has 0 saturated carbocycles. The van der Waals surface area contributed by atoms with Gasteiger partial charge in [0.15, 0.2) is 11.9 Å². The van der Waals surface area contributed by atoms with Crippen molar-refractivity contribution in [1.82, 2.24) is 9.88 Å². The Kier molecular flexibility index (Phi) is 6.09. The minimum absolute atomic E-state index is 0.0354. The highest BCUT2D eigenvalue weighted by Gasteiger charge is 2.20. The molecule has 0 fully saturated rings. The zero-order valence-corrected chi connectivity index (χ0v) is 15.2.